The number of halogens is 1. The first-order valence-electron chi connectivity index (χ1n) is 12.0. The predicted molar refractivity (Wildman–Crippen MR) is 133 cm³/mol. The molecule has 0 saturated heterocycles. The van der Waals surface area contributed by atoms with Crippen LogP contribution in [0.1, 0.15) is 44.7 Å². The molecule has 1 amide bonds. The van der Waals surface area contributed by atoms with Crippen molar-refractivity contribution in [3.05, 3.63) is 71.8 Å². The highest BCUT2D eigenvalue weighted by Gasteiger charge is 2.36. The van der Waals surface area contributed by atoms with Crippen molar-refractivity contribution >= 4 is 12.1 Å². The molecular formula is C27H37FN2O5. The smallest absolute Gasteiger partial charge is 0.407 e. The summed E-state index contributed by atoms with van der Waals surface area (Å²) in [7, 11) is 1.32. The Bertz CT molecular complexity index is 855. The third-order valence-corrected chi connectivity index (χ3v) is 5.53. The Morgan fingerprint density at radius 2 is 1.57 bits per heavy atom. The van der Waals surface area contributed by atoms with Gasteiger partial charge in [0.25, 0.3) is 5.85 Å². The van der Waals surface area contributed by atoms with Crippen LogP contribution in [-0.2, 0) is 24.9 Å². The molecule has 2 rings (SSSR count). The van der Waals surface area contributed by atoms with Crippen molar-refractivity contribution in [1.29, 1.82) is 0 Å². The fourth-order valence-corrected chi connectivity index (χ4v) is 3.51. The highest BCUT2D eigenvalue weighted by molar-refractivity contribution is 5.76. The van der Waals surface area contributed by atoms with Gasteiger partial charge in [-0.25, -0.2) is 9.18 Å². The van der Waals surface area contributed by atoms with E-state index in [-0.39, 0.29) is 25.7 Å². The number of esters is 1. The minimum Gasteiger partial charge on any atom is -0.468 e. The average Bonchev–Trinajstić information content (AvgIpc) is 2.87. The normalized spacial score (nSPS) is 13.2. The number of unbranched alkanes of at least 4 members (excludes halogenated alkanes) is 1. The summed E-state index contributed by atoms with van der Waals surface area (Å²) >= 11 is 0. The van der Waals surface area contributed by atoms with Crippen LogP contribution < -0.4 is 10.6 Å². The number of ether oxygens (including phenoxy) is 3. The second kappa shape index (κ2) is 14.4. The number of hydrogen-bond donors (Lipinski definition) is 2. The lowest BCUT2D eigenvalue weighted by Crippen LogP contribution is -2.51. The molecule has 7 nitrogen and oxygen atoms in total. The van der Waals surface area contributed by atoms with E-state index in [9.17, 15) is 9.59 Å². The van der Waals surface area contributed by atoms with Gasteiger partial charge in [0.1, 0.15) is 6.04 Å². The van der Waals surface area contributed by atoms with Gasteiger partial charge in [-0.05, 0) is 12.3 Å². The quantitative estimate of drug-likeness (QED) is 0.300. The molecule has 2 N–H and O–H groups in total. The fraction of sp³-hybridized carbons (Fsp3) is 0.481. The number of rotatable bonds is 14. The van der Waals surface area contributed by atoms with Gasteiger partial charge in [-0.2, -0.15) is 0 Å². The molecule has 0 heterocycles. The summed E-state index contributed by atoms with van der Waals surface area (Å²) < 4.78 is 32.4. The van der Waals surface area contributed by atoms with E-state index in [1.807, 2.05) is 20.8 Å². The van der Waals surface area contributed by atoms with Crippen molar-refractivity contribution in [2.24, 2.45) is 5.92 Å². The third kappa shape index (κ3) is 8.64. The molecule has 0 fully saturated rings. The Kier molecular flexibility index (Phi) is 11.7. The van der Waals surface area contributed by atoms with E-state index in [0.29, 0.717) is 11.1 Å². The van der Waals surface area contributed by atoms with Gasteiger partial charge in [0.05, 0.1) is 26.4 Å². The Hall–Kier alpha value is -2.97. The maximum absolute atomic E-state index is 16.5. The van der Waals surface area contributed by atoms with Crippen LogP contribution in [0.3, 0.4) is 0 Å². The minimum absolute atomic E-state index is 0.0607. The zero-order chi connectivity index (χ0) is 25.7. The van der Waals surface area contributed by atoms with Gasteiger partial charge < -0.3 is 24.8 Å². The van der Waals surface area contributed by atoms with Crippen molar-refractivity contribution < 1.29 is 28.2 Å². The summed E-state index contributed by atoms with van der Waals surface area (Å²) in [5.74, 6) is -2.72. The van der Waals surface area contributed by atoms with Crippen molar-refractivity contribution in [2.45, 2.75) is 51.6 Å². The van der Waals surface area contributed by atoms with Crippen LogP contribution in [0.5, 0.6) is 0 Å². The van der Waals surface area contributed by atoms with Crippen LogP contribution >= 0.6 is 0 Å². The second-order valence-electron chi connectivity index (χ2n) is 8.62. The number of alkyl halides is 1. The Labute approximate surface area is 207 Å². The first kappa shape index (κ1) is 28.3. The van der Waals surface area contributed by atoms with Gasteiger partial charge >= 0.3 is 12.1 Å². The highest BCUT2D eigenvalue weighted by Crippen LogP contribution is 2.35. The number of hydrogen-bond acceptors (Lipinski definition) is 6. The largest absolute Gasteiger partial charge is 0.468 e. The molecule has 8 heteroatoms. The van der Waals surface area contributed by atoms with Crippen molar-refractivity contribution in [1.82, 2.24) is 10.6 Å². The number of carbonyl (C=O) groups is 2. The van der Waals surface area contributed by atoms with Crippen LogP contribution in [-0.4, -0.2) is 51.0 Å². The monoisotopic (exact) mass is 488 g/mol. The number of methoxy groups -OCH3 is 1. The lowest BCUT2D eigenvalue weighted by Gasteiger charge is -2.30. The molecule has 0 radical (unpaired) electrons. The Balaban J connectivity index is 2.22. The molecule has 0 spiro atoms. The zero-order valence-corrected chi connectivity index (χ0v) is 21.0. The van der Waals surface area contributed by atoms with Gasteiger partial charge in [-0.3, -0.25) is 4.79 Å². The topological polar surface area (TPSA) is 85.9 Å². The molecule has 0 aliphatic carbocycles. The van der Waals surface area contributed by atoms with Gasteiger partial charge in [-0.15, -0.1) is 0 Å². The Morgan fingerprint density at radius 1 is 1.00 bits per heavy atom. The summed E-state index contributed by atoms with van der Waals surface area (Å²) in [5, 5.41) is 5.85. The molecule has 0 aliphatic rings. The van der Waals surface area contributed by atoms with E-state index >= 15 is 4.39 Å². The summed E-state index contributed by atoms with van der Waals surface area (Å²) in [6.45, 7) is 5.99. The fourth-order valence-electron chi connectivity index (χ4n) is 3.51. The lowest BCUT2D eigenvalue weighted by atomic mass is 9.98. The molecule has 192 valence electrons. The number of carbonyl (C=O) groups excluding carboxylic acids is 2. The van der Waals surface area contributed by atoms with Gasteiger partial charge in [0.2, 0.25) is 0 Å². The Morgan fingerprint density at radius 3 is 2.06 bits per heavy atom. The third-order valence-electron chi connectivity index (χ3n) is 5.53. The number of alkyl carbamates (subject to hydrolysis) is 1. The van der Waals surface area contributed by atoms with E-state index in [4.69, 9.17) is 14.2 Å². The van der Waals surface area contributed by atoms with Gasteiger partial charge in [0, 0.05) is 17.7 Å². The van der Waals surface area contributed by atoms with Crippen LogP contribution in [0.15, 0.2) is 60.7 Å². The number of benzene rings is 2. The maximum Gasteiger partial charge on any atom is 0.407 e. The standard InChI is InChI=1S/C27H37FN2O5/c1-5-6-17-34-26(32)30-23(18-29-24(20(2)3)25(31)33-4)19-35-27(28,21-13-9-7-10-14-21)22-15-11-8-12-16-22/h7-16,20,23-24,29H,5-6,17-19H2,1-4H3,(H,30,32). The zero-order valence-electron chi connectivity index (χ0n) is 21.0. The molecule has 2 aromatic rings. The summed E-state index contributed by atoms with van der Waals surface area (Å²) in [5.41, 5.74) is 0.663. The van der Waals surface area contributed by atoms with E-state index in [1.165, 1.54) is 7.11 Å². The second-order valence-corrected chi connectivity index (χ2v) is 8.62. The van der Waals surface area contributed by atoms with Crippen molar-refractivity contribution in [3.63, 3.8) is 0 Å². The molecule has 2 aromatic carbocycles. The first-order chi connectivity index (χ1) is 16.8. The lowest BCUT2D eigenvalue weighted by molar-refractivity contribution is -0.144. The molecule has 0 aliphatic heterocycles. The summed E-state index contributed by atoms with van der Waals surface area (Å²) in [6, 6.07) is 15.9. The maximum atomic E-state index is 16.5. The van der Waals surface area contributed by atoms with E-state index in [2.05, 4.69) is 10.6 Å². The molecule has 0 saturated carbocycles. The number of amides is 1. The minimum atomic E-state index is -2.24. The molecule has 2 atom stereocenters. The molecule has 2 unspecified atom stereocenters. The average molecular weight is 489 g/mol. The molecular weight excluding hydrogens is 451 g/mol. The van der Waals surface area contributed by atoms with Crippen molar-refractivity contribution in [2.75, 3.05) is 26.9 Å². The van der Waals surface area contributed by atoms with Crippen LogP contribution in [0.25, 0.3) is 0 Å². The van der Waals surface area contributed by atoms with Gasteiger partial charge in [-0.1, -0.05) is 87.9 Å². The number of nitrogens with one attached hydrogen (secondary N) is 2. The van der Waals surface area contributed by atoms with Gasteiger partial charge in [0.15, 0.2) is 0 Å². The summed E-state index contributed by atoms with van der Waals surface area (Å²) in [6.07, 6.45) is 0.992. The van der Waals surface area contributed by atoms with Crippen LogP contribution in [0, 0.1) is 5.92 Å². The van der Waals surface area contributed by atoms with E-state index < -0.39 is 30.0 Å². The molecule has 0 bridgehead atoms. The predicted octanol–water partition coefficient (Wildman–Crippen LogP) is 4.56. The summed E-state index contributed by atoms with van der Waals surface area (Å²) in [4.78, 5) is 24.5. The van der Waals surface area contributed by atoms with E-state index in [0.717, 1.165) is 12.8 Å². The molecule has 35 heavy (non-hydrogen) atoms. The van der Waals surface area contributed by atoms with E-state index in [1.54, 1.807) is 60.7 Å². The van der Waals surface area contributed by atoms with Crippen LogP contribution in [0.2, 0.25) is 0 Å². The SMILES string of the molecule is CCCCOC(=O)NC(CNC(C(=O)OC)C(C)C)COC(F)(c1ccccc1)c1ccccc1. The van der Waals surface area contributed by atoms with Crippen molar-refractivity contribution in [3.8, 4) is 0 Å². The highest BCUT2D eigenvalue weighted by atomic mass is 19.2. The first-order valence-corrected chi connectivity index (χ1v) is 12.0. The van der Waals surface area contributed by atoms with Crippen LogP contribution in [0.4, 0.5) is 9.18 Å². The molecule has 0 aromatic heterocycles.